The lowest BCUT2D eigenvalue weighted by atomic mass is 9.86. The standard InChI is InChI=1S/C20H17NO6.C14H12ClN3O/c1-21-5-4-10-6-14-15(25-8-24-14)7-12(10)17(21)18-11-2-3-13-19(26-9-23-13)16(11)20(22)27-18;1-18-9-17-13-12(18)6-7-16-14(13)19-8-10-4-2-3-5-11(10)15/h2-3,6-7,17-18H,4-5,8-9H2,1H3;2-7,9H,8H2,1H3/t17-,18+;/m0./s1. The molecule has 0 bridgehead atoms. The Balaban J connectivity index is 0.000000145. The van der Waals surface area contributed by atoms with E-state index in [1.54, 1.807) is 12.5 Å². The molecule has 2 atom stereocenters. The van der Waals surface area contributed by atoms with Gasteiger partial charge in [-0.3, -0.25) is 4.90 Å². The zero-order chi connectivity index (χ0) is 31.4. The molecule has 0 aliphatic carbocycles. The average Bonchev–Trinajstić information content (AvgIpc) is 3.87. The molecule has 234 valence electrons. The highest BCUT2D eigenvalue weighted by Crippen LogP contribution is 2.51. The van der Waals surface area contributed by atoms with Gasteiger partial charge in [-0.25, -0.2) is 14.8 Å². The fourth-order valence-corrected chi connectivity index (χ4v) is 6.56. The van der Waals surface area contributed by atoms with Crippen molar-refractivity contribution < 1.29 is 33.2 Å². The maximum atomic E-state index is 12.7. The van der Waals surface area contributed by atoms with E-state index in [1.807, 2.05) is 60.1 Å². The maximum absolute atomic E-state index is 12.7. The van der Waals surface area contributed by atoms with Crippen molar-refractivity contribution in [3.63, 3.8) is 0 Å². The van der Waals surface area contributed by atoms with Crippen molar-refractivity contribution in [2.75, 3.05) is 27.2 Å². The van der Waals surface area contributed by atoms with Gasteiger partial charge in [0.05, 0.1) is 17.9 Å². The van der Waals surface area contributed by atoms with Crippen LogP contribution in [0, 0.1) is 0 Å². The van der Waals surface area contributed by atoms with E-state index in [-0.39, 0.29) is 25.6 Å². The number of imidazole rings is 1. The van der Waals surface area contributed by atoms with Gasteiger partial charge in [-0.2, -0.15) is 0 Å². The summed E-state index contributed by atoms with van der Waals surface area (Å²) in [6.07, 6.45) is 3.96. The summed E-state index contributed by atoms with van der Waals surface area (Å²) < 4.78 is 35.6. The lowest BCUT2D eigenvalue weighted by molar-refractivity contribution is 0.00932. The number of carbonyl (C=O) groups is 1. The van der Waals surface area contributed by atoms with E-state index in [1.165, 1.54) is 5.56 Å². The number of benzene rings is 3. The third kappa shape index (κ3) is 4.83. The first kappa shape index (κ1) is 28.5. The van der Waals surface area contributed by atoms with Gasteiger partial charge in [-0.1, -0.05) is 35.9 Å². The van der Waals surface area contributed by atoms with E-state index in [4.69, 9.17) is 40.0 Å². The molecule has 0 spiro atoms. The predicted molar refractivity (Wildman–Crippen MR) is 167 cm³/mol. The molecule has 3 aromatic carbocycles. The summed E-state index contributed by atoms with van der Waals surface area (Å²) in [4.78, 5) is 23.4. The molecule has 0 fully saturated rings. The van der Waals surface area contributed by atoms with E-state index in [2.05, 4.69) is 28.0 Å². The number of nitrogens with zero attached hydrogens (tertiary/aromatic N) is 4. The van der Waals surface area contributed by atoms with Crippen molar-refractivity contribution in [1.82, 2.24) is 19.4 Å². The van der Waals surface area contributed by atoms with Crippen molar-refractivity contribution in [3.8, 4) is 28.9 Å². The van der Waals surface area contributed by atoms with E-state index < -0.39 is 6.10 Å². The van der Waals surface area contributed by atoms with Gasteiger partial charge < -0.3 is 33.0 Å². The second-order valence-corrected chi connectivity index (χ2v) is 11.8. The summed E-state index contributed by atoms with van der Waals surface area (Å²) in [5.74, 6) is 2.77. The zero-order valence-corrected chi connectivity index (χ0v) is 25.8. The minimum Gasteiger partial charge on any atom is -0.471 e. The van der Waals surface area contributed by atoms with Gasteiger partial charge in [0, 0.05) is 35.9 Å². The van der Waals surface area contributed by atoms with Crippen LogP contribution in [0.4, 0.5) is 0 Å². The van der Waals surface area contributed by atoms with Crippen molar-refractivity contribution in [1.29, 1.82) is 0 Å². The smallest absolute Gasteiger partial charge is 0.343 e. The number of ether oxygens (including phenoxy) is 6. The van der Waals surface area contributed by atoms with Crippen LogP contribution in [-0.4, -0.2) is 52.6 Å². The summed E-state index contributed by atoms with van der Waals surface area (Å²) in [6.45, 7) is 1.61. The van der Waals surface area contributed by atoms with Crippen molar-refractivity contribution in [3.05, 3.63) is 100.0 Å². The molecule has 4 aliphatic rings. The Morgan fingerprint density at radius 2 is 1.74 bits per heavy atom. The molecule has 5 aromatic rings. The zero-order valence-electron chi connectivity index (χ0n) is 25.1. The Kier molecular flexibility index (Phi) is 7.07. The average molecular weight is 641 g/mol. The number of esters is 1. The van der Waals surface area contributed by atoms with Gasteiger partial charge >= 0.3 is 5.97 Å². The van der Waals surface area contributed by atoms with E-state index >= 15 is 0 Å². The van der Waals surface area contributed by atoms with Crippen molar-refractivity contribution >= 4 is 28.6 Å². The summed E-state index contributed by atoms with van der Waals surface area (Å²) in [7, 11) is 3.99. The molecule has 12 heteroatoms. The van der Waals surface area contributed by atoms with Crippen LogP contribution >= 0.6 is 11.6 Å². The SMILES string of the molecule is CN1CCc2cc3c(cc2[C@H]1[C@@H]1OC(=O)c2c1ccc1c2OCO1)OCO3.Cn1cnc2c(OCc3ccccc3Cl)nccc21. The highest BCUT2D eigenvalue weighted by atomic mass is 35.5. The Morgan fingerprint density at radius 1 is 0.935 bits per heavy atom. The molecule has 0 saturated carbocycles. The minimum atomic E-state index is -0.411. The Bertz CT molecular complexity index is 2000. The Morgan fingerprint density at radius 3 is 2.61 bits per heavy atom. The van der Waals surface area contributed by atoms with E-state index in [0.717, 1.165) is 52.2 Å². The number of rotatable bonds is 4. The normalized spacial score (nSPS) is 18.9. The van der Waals surface area contributed by atoms with Gasteiger partial charge in [0.25, 0.3) is 0 Å². The fraction of sp³-hybridized carbons (Fsp3) is 0.265. The lowest BCUT2D eigenvalue weighted by Crippen LogP contribution is -2.36. The van der Waals surface area contributed by atoms with Crippen LogP contribution in [0.2, 0.25) is 5.02 Å². The van der Waals surface area contributed by atoms with Crippen LogP contribution in [0.25, 0.3) is 11.0 Å². The maximum Gasteiger partial charge on any atom is 0.343 e. The van der Waals surface area contributed by atoms with Crippen LogP contribution in [-0.2, 0) is 24.8 Å². The number of hydrogen-bond acceptors (Lipinski definition) is 10. The number of hydrogen-bond donors (Lipinski definition) is 0. The first-order chi connectivity index (χ1) is 22.5. The molecule has 11 nitrogen and oxygen atoms in total. The van der Waals surface area contributed by atoms with Crippen LogP contribution in [0.15, 0.2) is 67.1 Å². The Labute approximate surface area is 269 Å². The predicted octanol–water partition coefficient (Wildman–Crippen LogP) is 5.79. The third-order valence-corrected chi connectivity index (χ3v) is 9.07. The lowest BCUT2D eigenvalue weighted by Gasteiger charge is -2.37. The highest BCUT2D eigenvalue weighted by molar-refractivity contribution is 6.31. The molecule has 4 aliphatic heterocycles. The number of aryl methyl sites for hydroxylation is 1. The first-order valence-corrected chi connectivity index (χ1v) is 15.2. The van der Waals surface area contributed by atoms with Crippen LogP contribution in [0.1, 0.15) is 44.8 Å². The number of likely N-dealkylation sites (N-methyl/N-ethyl adjacent to an activating group) is 1. The quantitative estimate of drug-likeness (QED) is 0.224. The number of cyclic esters (lactones) is 1. The molecule has 46 heavy (non-hydrogen) atoms. The molecule has 0 radical (unpaired) electrons. The summed E-state index contributed by atoms with van der Waals surface area (Å²) in [5, 5.41) is 0.690. The molecule has 0 unspecified atom stereocenters. The van der Waals surface area contributed by atoms with E-state index in [9.17, 15) is 4.79 Å². The second kappa shape index (κ2) is 11.4. The van der Waals surface area contributed by atoms with Crippen molar-refractivity contribution in [2.24, 2.45) is 7.05 Å². The molecule has 0 saturated heterocycles. The molecule has 6 heterocycles. The van der Waals surface area contributed by atoms with Gasteiger partial charge in [0.15, 0.2) is 28.5 Å². The van der Waals surface area contributed by atoms with Gasteiger partial charge in [-0.05, 0) is 54.9 Å². The second-order valence-electron chi connectivity index (χ2n) is 11.4. The molecule has 9 rings (SSSR count). The van der Waals surface area contributed by atoms with E-state index in [0.29, 0.717) is 34.6 Å². The number of aromatic nitrogens is 3. The molecule has 0 amide bonds. The minimum absolute atomic E-state index is 0.103. The fourth-order valence-electron chi connectivity index (χ4n) is 6.37. The van der Waals surface area contributed by atoms with Crippen LogP contribution in [0.3, 0.4) is 0 Å². The van der Waals surface area contributed by atoms with Gasteiger partial charge in [0.1, 0.15) is 18.3 Å². The monoisotopic (exact) mass is 640 g/mol. The number of carbonyl (C=O) groups excluding carboxylic acids is 1. The van der Waals surface area contributed by atoms with Crippen LogP contribution < -0.4 is 23.7 Å². The highest BCUT2D eigenvalue weighted by Gasteiger charge is 2.45. The number of pyridine rings is 1. The number of fused-ring (bicyclic) bond motifs is 6. The van der Waals surface area contributed by atoms with Gasteiger partial charge in [-0.15, -0.1) is 0 Å². The summed E-state index contributed by atoms with van der Waals surface area (Å²) >= 11 is 6.09. The van der Waals surface area contributed by atoms with Crippen molar-refractivity contribution in [2.45, 2.75) is 25.2 Å². The number of halogens is 1. The molecule has 0 N–H and O–H groups in total. The first-order valence-electron chi connectivity index (χ1n) is 14.8. The third-order valence-electron chi connectivity index (χ3n) is 8.70. The Hall–Kier alpha value is -5.00. The van der Waals surface area contributed by atoms with Gasteiger partial charge in [0.2, 0.25) is 19.5 Å². The largest absolute Gasteiger partial charge is 0.471 e. The topological polar surface area (TPSA) is 106 Å². The summed E-state index contributed by atoms with van der Waals surface area (Å²) in [5.41, 5.74) is 6.31. The van der Waals surface area contributed by atoms with Crippen LogP contribution in [0.5, 0.6) is 28.9 Å². The summed E-state index contributed by atoms with van der Waals surface area (Å²) in [6, 6.07) is 17.2. The molecular formula is C34H29ClN4O7. The molecule has 2 aromatic heterocycles. The molecular weight excluding hydrogens is 612 g/mol.